The minimum Gasteiger partial charge on any atom is -0.466 e. The van der Waals surface area contributed by atoms with Crippen LogP contribution in [-0.4, -0.2) is 25.5 Å². The van der Waals surface area contributed by atoms with Gasteiger partial charge in [-0.05, 0) is 25.8 Å². The molecule has 0 unspecified atom stereocenters. The van der Waals surface area contributed by atoms with Gasteiger partial charge in [0, 0.05) is 5.92 Å². The molecule has 5 heteroatoms. The van der Waals surface area contributed by atoms with E-state index < -0.39 is 12.2 Å². The van der Waals surface area contributed by atoms with Gasteiger partial charge >= 0.3 is 5.97 Å². The zero-order valence-corrected chi connectivity index (χ0v) is 9.72. The summed E-state index contributed by atoms with van der Waals surface area (Å²) in [5.41, 5.74) is 0. The van der Waals surface area contributed by atoms with Gasteiger partial charge in [0.1, 0.15) is 6.07 Å². The van der Waals surface area contributed by atoms with E-state index in [1.54, 1.807) is 13.0 Å². The average Bonchev–Trinajstić information content (AvgIpc) is 2.37. The maximum absolute atomic E-state index is 11.8. The second-order valence-corrected chi connectivity index (χ2v) is 4.08. The second-order valence-electron chi connectivity index (χ2n) is 4.08. The van der Waals surface area contributed by atoms with Crippen molar-refractivity contribution >= 4 is 5.97 Å². The average molecular weight is 237 g/mol. The molecule has 1 saturated heterocycles. The van der Waals surface area contributed by atoms with Crippen molar-refractivity contribution in [3.8, 4) is 6.07 Å². The Kier molecular flexibility index (Phi) is 3.64. The predicted molar refractivity (Wildman–Crippen MR) is 57.4 cm³/mol. The summed E-state index contributed by atoms with van der Waals surface area (Å²) in [5.74, 6) is -0.626. The van der Waals surface area contributed by atoms with E-state index in [1.807, 2.05) is 6.07 Å². The zero-order chi connectivity index (χ0) is 12.3. The fourth-order valence-corrected chi connectivity index (χ4v) is 2.24. The maximum atomic E-state index is 11.8. The van der Waals surface area contributed by atoms with Gasteiger partial charge in [-0.1, -0.05) is 0 Å². The third-order valence-corrected chi connectivity index (χ3v) is 3.02. The fourth-order valence-electron chi connectivity index (χ4n) is 2.24. The Balaban J connectivity index is 2.20. The van der Waals surface area contributed by atoms with E-state index in [-0.39, 0.29) is 17.6 Å². The smallest absolute Gasteiger partial charge is 0.313 e. The number of fused-ring (bicyclic) bond motifs is 1. The van der Waals surface area contributed by atoms with Crippen molar-refractivity contribution in [2.75, 3.05) is 13.2 Å². The van der Waals surface area contributed by atoms with E-state index in [0.29, 0.717) is 13.2 Å². The number of hydrogen-bond donors (Lipinski definition) is 0. The topological polar surface area (TPSA) is 68.6 Å². The van der Waals surface area contributed by atoms with Crippen LogP contribution in [0.5, 0.6) is 0 Å². The molecule has 0 aromatic carbocycles. The summed E-state index contributed by atoms with van der Waals surface area (Å²) >= 11 is 0. The van der Waals surface area contributed by atoms with Crippen LogP contribution < -0.4 is 0 Å². The lowest BCUT2D eigenvalue weighted by molar-refractivity contribution is -0.194. The molecule has 2 heterocycles. The summed E-state index contributed by atoms with van der Waals surface area (Å²) in [6.07, 6.45) is 2.81. The van der Waals surface area contributed by atoms with Crippen molar-refractivity contribution < 1.29 is 19.0 Å². The molecule has 1 fully saturated rings. The van der Waals surface area contributed by atoms with Crippen LogP contribution in [-0.2, 0) is 19.0 Å². The van der Waals surface area contributed by atoms with Crippen LogP contribution in [0.1, 0.15) is 19.8 Å². The van der Waals surface area contributed by atoms with E-state index >= 15 is 0 Å². The van der Waals surface area contributed by atoms with Gasteiger partial charge in [0.15, 0.2) is 5.76 Å². The number of ether oxygens (including phenoxy) is 3. The lowest BCUT2D eigenvalue weighted by Crippen LogP contribution is -2.42. The molecule has 0 N–H and O–H groups in total. The Morgan fingerprint density at radius 3 is 3.24 bits per heavy atom. The van der Waals surface area contributed by atoms with Crippen LogP contribution in [0.2, 0.25) is 0 Å². The summed E-state index contributed by atoms with van der Waals surface area (Å²) in [4.78, 5) is 11.8. The molecule has 2 aliphatic rings. The zero-order valence-electron chi connectivity index (χ0n) is 9.72. The number of hydrogen-bond acceptors (Lipinski definition) is 5. The quantitative estimate of drug-likeness (QED) is 0.678. The van der Waals surface area contributed by atoms with Crippen molar-refractivity contribution in [3.05, 3.63) is 11.8 Å². The third kappa shape index (κ3) is 2.42. The van der Waals surface area contributed by atoms with Gasteiger partial charge in [0.05, 0.1) is 19.1 Å². The number of carbonyl (C=O) groups excluding carboxylic acids is 1. The van der Waals surface area contributed by atoms with Crippen molar-refractivity contribution in [2.45, 2.75) is 26.1 Å². The molecule has 2 aliphatic heterocycles. The van der Waals surface area contributed by atoms with Gasteiger partial charge in [-0.3, -0.25) is 4.79 Å². The minimum absolute atomic E-state index is 0.0418. The highest BCUT2D eigenvalue weighted by atomic mass is 16.7. The summed E-state index contributed by atoms with van der Waals surface area (Å²) in [5, 5.41) is 8.86. The summed E-state index contributed by atoms with van der Waals surface area (Å²) < 4.78 is 15.8. The Bertz CT molecular complexity index is 371. The molecule has 92 valence electrons. The first kappa shape index (κ1) is 11.9. The Labute approximate surface area is 99.9 Å². The number of nitriles is 1. The molecule has 5 nitrogen and oxygen atoms in total. The highest BCUT2D eigenvalue weighted by Gasteiger charge is 2.41. The molecule has 0 bridgehead atoms. The Morgan fingerprint density at radius 2 is 2.53 bits per heavy atom. The van der Waals surface area contributed by atoms with Crippen LogP contribution in [0.15, 0.2) is 11.8 Å². The summed E-state index contributed by atoms with van der Waals surface area (Å²) in [6, 6.07) is 1.92. The van der Waals surface area contributed by atoms with Crippen LogP contribution >= 0.6 is 0 Å². The van der Waals surface area contributed by atoms with Crippen molar-refractivity contribution in [1.29, 1.82) is 5.26 Å². The van der Waals surface area contributed by atoms with Crippen LogP contribution in [0.25, 0.3) is 0 Å². The predicted octanol–water partition coefficient (Wildman–Crippen LogP) is 1.36. The molecule has 0 spiro atoms. The molecule has 0 aromatic heterocycles. The first-order chi connectivity index (χ1) is 8.26. The maximum Gasteiger partial charge on any atom is 0.313 e. The van der Waals surface area contributed by atoms with E-state index in [4.69, 9.17) is 19.5 Å². The largest absolute Gasteiger partial charge is 0.466 e. The lowest BCUT2D eigenvalue weighted by Gasteiger charge is -2.37. The van der Waals surface area contributed by atoms with E-state index in [1.165, 1.54) is 0 Å². The number of allylic oxidation sites excluding steroid dienone is 1. The van der Waals surface area contributed by atoms with Crippen molar-refractivity contribution in [3.63, 3.8) is 0 Å². The summed E-state index contributed by atoms with van der Waals surface area (Å²) in [7, 11) is 0. The molecule has 0 aromatic rings. The molecule has 3 atom stereocenters. The summed E-state index contributed by atoms with van der Waals surface area (Å²) in [6.45, 7) is 2.71. The molecule has 0 saturated carbocycles. The number of nitrogens with zero attached hydrogens (tertiary/aromatic N) is 1. The molecule has 2 rings (SSSR count). The van der Waals surface area contributed by atoms with E-state index in [9.17, 15) is 4.79 Å². The Morgan fingerprint density at radius 1 is 1.71 bits per heavy atom. The molecule has 0 radical (unpaired) electrons. The Hall–Kier alpha value is -1.54. The van der Waals surface area contributed by atoms with Gasteiger partial charge in [0.2, 0.25) is 6.29 Å². The van der Waals surface area contributed by atoms with Gasteiger partial charge in [-0.15, -0.1) is 0 Å². The first-order valence-electron chi connectivity index (χ1n) is 5.83. The normalized spacial score (nSPS) is 31.5. The molecule has 17 heavy (non-hydrogen) atoms. The highest BCUT2D eigenvalue weighted by Crippen LogP contribution is 2.35. The van der Waals surface area contributed by atoms with Gasteiger partial charge in [-0.25, -0.2) is 0 Å². The standard InChI is InChI=1S/C12H15NO4/c1-2-15-11(14)10-6-8(7-13)17-12-9(10)4-3-5-16-12/h6,9-10,12H,2-5H2,1H3/t9-,10+,12+/m0/s1. The highest BCUT2D eigenvalue weighted by molar-refractivity contribution is 5.75. The van der Waals surface area contributed by atoms with Crippen LogP contribution in [0.4, 0.5) is 0 Å². The van der Waals surface area contributed by atoms with E-state index in [2.05, 4.69) is 0 Å². The molecular weight excluding hydrogens is 222 g/mol. The van der Waals surface area contributed by atoms with Crippen LogP contribution in [0, 0.1) is 23.2 Å². The van der Waals surface area contributed by atoms with Gasteiger partial charge in [-0.2, -0.15) is 5.26 Å². The molecule has 0 aliphatic carbocycles. The molecule has 0 amide bonds. The third-order valence-electron chi connectivity index (χ3n) is 3.02. The van der Waals surface area contributed by atoms with Crippen LogP contribution in [0.3, 0.4) is 0 Å². The second kappa shape index (κ2) is 5.19. The van der Waals surface area contributed by atoms with Crippen molar-refractivity contribution in [2.24, 2.45) is 11.8 Å². The fraction of sp³-hybridized carbons (Fsp3) is 0.667. The lowest BCUT2D eigenvalue weighted by atomic mass is 9.84. The van der Waals surface area contributed by atoms with Gasteiger partial charge in [0.25, 0.3) is 0 Å². The first-order valence-corrected chi connectivity index (χ1v) is 5.83. The molecular formula is C12H15NO4. The SMILES string of the molecule is CCOC(=O)[C@@H]1C=C(C#N)O[C@H]2OCCC[C@H]21. The van der Waals surface area contributed by atoms with Gasteiger partial charge < -0.3 is 14.2 Å². The number of rotatable bonds is 2. The number of carbonyl (C=O) groups is 1. The number of esters is 1. The van der Waals surface area contributed by atoms with Crippen molar-refractivity contribution in [1.82, 2.24) is 0 Å². The minimum atomic E-state index is -0.488. The monoisotopic (exact) mass is 237 g/mol. The van der Waals surface area contributed by atoms with E-state index in [0.717, 1.165) is 12.8 Å².